The number of hydrogen-bond donors (Lipinski definition) is 2. The summed E-state index contributed by atoms with van der Waals surface area (Å²) < 4.78 is 20.6. The molecule has 2 fully saturated rings. The Bertz CT molecular complexity index is 926. The molecule has 1 heterocycles. The Morgan fingerprint density at radius 2 is 1.91 bits per heavy atom. The molecule has 0 spiro atoms. The second-order valence-electron chi connectivity index (χ2n) is 9.47. The first kappa shape index (κ1) is 22.7. The molecular weight excluding hydrogens is 407 g/mol. The molecule has 2 aromatic carbocycles. The van der Waals surface area contributed by atoms with Gasteiger partial charge in [0.25, 0.3) is 0 Å². The Labute approximate surface area is 189 Å². The van der Waals surface area contributed by atoms with Gasteiger partial charge in [-0.1, -0.05) is 30.3 Å². The van der Waals surface area contributed by atoms with Gasteiger partial charge in [0.2, 0.25) is 0 Å². The van der Waals surface area contributed by atoms with E-state index < -0.39 is 12.0 Å². The van der Waals surface area contributed by atoms with Gasteiger partial charge >= 0.3 is 5.97 Å². The van der Waals surface area contributed by atoms with Crippen LogP contribution < -0.4 is 10.1 Å². The van der Waals surface area contributed by atoms with Gasteiger partial charge < -0.3 is 15.2 Å². The average molecular weight is 441 g/mol. The fourth-order valence-corrected chi connectivity index (χ4v) is 5.37. The van der Waals surface area contributed by atoms with Gasteiger partial charge in [-0.25, -0.2) is 4.39 Å². The van der Waals surface area contributed by atoms with E-state index in [4.69, 9.17) is 9.84 Å². The van der Waals surface area contributed by atoms with Crippen LogP contribution in [0.2, 0.25) is 0 Å². The van der Waals surface area contributed by atoms with Crippen molar-refractivity contribution in [2.45, 2.75) is 56.2 Å². The molecule has 2 aliphatic rings. The van der Waals surface area contributed by atoms with Crippen LogP contribution in [0.1, 0.15) is 43.2 Å². The summed E-state index contributed by atoms with van der Waals surface area (Å²) in [6, 6.07) is 15.0. The van der Waals surface area contributed by atoms with E-state index in [9.17, 15) is 9.18 Å². The third-order valence-electron chi connectivity index (χ3n) is 7.32. The Kier molecular flexibility index (Phi) is 6.82. The van der Waals surface area contributed by atoms with Crippen molar-refractivity contribution in [3.63, 3.8) is 0 Å². The molecular formula is C26H33FN2O3. The van der Waals surface area contributed by atoms with Crippen LogP contribution in [0.15, 0.2) is 48.5 Å². The normalized spacial score (nSPS) is 28.1. The zero-order valence-electron chi connectivity index (χ0n) is 18.9. The molecule has 2 aromatic rings. The van der Waals surface area contributed by atoms with E-state index in [1.165, 1.54) is 11.6 Å². The summed E-state index contributed by atoms with van der Waals surface area (Å²) in [6.07, 6.45) is 5.09. The predicted octanol–water partition coefficient (Wildman–Crippen LogP) is 4.21. The topological polar surface area (TPSA) is 61.8 Å². The molecule has 172 valence electrons. The van der Waals surface area contributed by atoms with E-state index in [1.807, 2.05) is 0 Å². The maximum atomic E-state index is 14.6. The summed E-state index contributed by atoms with van der Waals surface area (Å²) in [6.45, 7) is 0.485. The van der Waals surface area contributed by atoms with E-state index in [0.29, 0.717) is 36.6 Å². The fraction of sp³-hybridized carbons (Fsp3) is 0.500. The van der Waals surface area contributed by atoms with E-state index in [1.54, 1.807) is 12.1 Å². The number of aliphatic carboxylic acids is 1. The summed E-state index contributed by atoms with van der Waals surface area (Å²) in [5.41, 5.74) is 2.08. The first-order valence-electron chi connectivity index (χ1n) is 11.5. The quantitative estimate of drug-likeness (QED) is 0.675. The summed E-state index contributed by atoms with van der Waals surface area (Å²) in [7, 11) is 4.31. The van der Waals surface area contributed by atoms with Crippen LogP contribution >= 0.6 is 0 Å². The van der Waals surface area contributed by atoms with Crippen LogP contribution in [0.5, 0.6) is 5.75 Å². The number of carbonyl (C=O) groups is 1. The highest BCUT2D eigenvalue weighted by Gasteiger charge is 2.38. The van der Waals surface area contributed by atoms with Gasteiger partial charge in [0.15, 0.2) is 0 Å². The molecule has 2 N–H and O–H groups in total. The number of nitrogens with zero attached hydrogens (tertiary/aromatic N) is 1. The van der Waals surface area contributed by atoms with Crippen molar-refractivity contribution in [3.05, 3.63) is 65.5 Å². The Balaban J connectivity index is 1.40. The molecule has 32 heavy (non-hydrogen) atoms. The molecule has 2 atom stereocenters. The zero-order chi connectivity index (χ0) is 22.7. The third kappa shape index (κ3) is 4.81. The second kappa shape index (κ2) is 9.59. The summed E-state index contributed by atoms with van der Waals surface area (Å²) in [5, 5.41) is 12.1. The largest absolute Gasteiger partial charge is 0.489 e. The van der Waals surface area contributed by atoms with E-state index >= 15 is 0 Å². The molecule has 0 unspecified atom stereocenters. The number of hydrogen-bond acceptors (Lipinski definition) is 4. The standard InChI is InChI=1S/C26H33FN2O3/c1-29(2)26(20-6-4-3-5-7-20)12-10-18(11-13-26)14-19-15-21(8-9-23(19)27)32-22-16-24(25(30)31)28-17-22/h3-9,15,18,22,24,28H,10-14,16-17H2,1-2H3,(H,30,31)/t18?,22-,24-,26?/m0/s1. The molecule has 4 rings (SSSR count). The second-order valence-corrected chi connectivity index (χ2v) is 9.47. The van der Waals surface area contributed by atoms with Crippen molar-refractivity contribution >= 4 is 5.97 Å². The van der Waals surface area contributed by atoms with Gasteiger partial charge in [0.1, 0.15) is 23.7 Å². The van der Waals surface area contributed by atoms with Crippen LogP contribution in [0.3, 0.4) is 0 Å². The van der Waals surface area contributed by atoms with Crippen LogP contribution in [0.4, 0.5) is 4.39 Å². The minimum absolute atomic E-state index is 0.0391. The number of benzene rings is 2. The van der Waals surface area contributed by atoms with Crippen molar-refractivity contribution < 1.29 is 19.0 Å². The van der Waals surface area contributed by atoms with Gasteiger partial charge in [-0.2, -0.15) is 0 Å². The number of nitrogens with one attached hydrogen (secondary N) is 1. The molecule has 1 saturated heterocycles. The fourth-order valence-electron chi connectivity index (χ4n) is 5.37. The van der Waals surface area contributed by atoms with Gasteiger partial charge in [-0.15, -0.1) is 0 Å². The lowest BCUT2D eigenvalue weighted by molar-refractivity contribution is -0.139. The first-order valence-corrected chi connectivity index (χ1v) is 11.5. The first-order chi connectivity index (χ1) is 15.4. The highest BCUT2D eigenvalue weighted by atomic mass is 19.1. The molecule has 1 saturated carbocycles. The molecule has 1 aliphatic carbocycles. The molecule has 0 aromatic heterocycles. The number of carboxylic acid groups (broad SMARTS) is 1. The van der Waals surface area contributed by atoms with Crippen LogP contribution in [-0.4, -0.2) is 48.8 Å². The lowest BCUT2D eigenvalue weighted by Gasteiger charge is -2.45. The summed E-state index contributed by atoms with van der Waals surface area (Å²) in [5.74, 6) is -0.0154. The van der Waals surface area contributed by atoms with Gasteiger partial charge in [-0.3, -0.25) is 9.69 Å². The Morgan fingerprint density at radius 3 is 2.53 bits per heavy atom. The van der Waals surface area contributed by atoms with Crippen molar-refractivity contribution in [1.82, 2.24) is 10.2 Å². The smallest absolute Gasteiger partial charge is 0.320 e. The van der Waals surface area contributed by atoms with E-state index in [0.717, 1.165) is 25.7 Å². The molecule has 0 amide bonds. The minimum Gasteiger partial charge on any atom is -0.489 e. The maximum absolute atomic E-state index is 14.6. The van der Waals surface area contributed by atoms with Crippen LogP contribution in [0.25, 0.3) is 0 Å². The molecule has 5 nitrogen and oxygen atoms in total. The molecule has 0 bridgehead atoms. The monoisotopic (exact) mass is 440 g/mol. The summed E-state index contributed by atoms with van der Waals surface area (Å²) >= 11 is 0. The number of ether oxygens (including phenoxy) is 1. The number of halogens is 1. The third-order valence-corrected chi connectivity index (χ3v) is 7.32. The lowest BCUT2D eigenvalue weighted by atomic mass is 9.70. The van der Waals surface area contributed by atoms with Crippen LogP contribution in [0, 0.1) is 11.7 Å². The van der Waals surface area contributed by atoms with Crippen LogP contribution in [-0.2, 0) is 16.8 Å². The van der Waals surface area contributed by atoms with Crippen molar-refractivity contribution in [2.75, 3.05) is 20.6 Å². The number of carboxylic acids is 1. The average Bonchev–Trinajstić information content (AvgIpc) is 3.26. The Hall–Kier alpha value is -2.44. The highest BCUT2D eigenvalue weighted by molar-refractivity contribution is 5.73. The van der Waals surface area contributed by atoms with Gasteiger partial charge in [0, 0.05) is 18.5 Å². The minimum atomic E-state index is -0.863. The maximum Gasteiger partial charge on any atom is 0.320 e. The predicted molar refractivity (Wildman–Crippen MR) is 122 cm³/mol. The van der Waals surface area contributed by atoms with Crippen molar-refractivity contribution in [1.29, 1.82) is 0 Å². The zero-order valence-corrected chi connectivity index (χ0v) is 18.9. The Morgan fingerprint density at radius 1 is 1.19 bits per heavy atom. The SMILES string of the molecule is CN(C)C1(c2ccccc2)CCC(Cc2cc(O[C@@H]3CN[C@H](C(=O)O)C3)ccc2F)CC1. The van der Waals surface area contributed by atoms with E-state index in [2.05, 4.69) is 54.6 Å². The number of rotatable bonds is 7. The lowest BCUT2D eigenvalue weighted by Crippen LogP contribution is -2.44. The van der Waals surface area contributed by atoms with Gasteiger partial charge in [-0.05, 0) is 81.4 Å². The summed E-state index contributed by atoms with van der Waals surface area (Å²) in [4.78, 5) is 13.5. The van der Waals surface area contributed by atoms with Crippen molar-refractivity contribution in [2.24, 2.45) is 5.92 Å². The molecule has 1 aliphatic heterocycles. The van der Waals surface area contributed by atoms with Gasteiger partial charge in [0.05, 0.1) is 0 Å². The highest BCUT2D eigenvalue weighted by Crippen LogP contribution is 2.44. The molecule has 6 heteroatoms. The van der Waals surface area contributed by atoms with Crippen molar-refractivity contribution in [3.8, 4) is 5.75 Å². The van der Waals surface area contributed by atoms with E-state index in [-0.39, 0.29) is 17.5 Å². The molecule has 0 radical (unpaired) electrons.